The van der Waals surface area contributed by atoms with E-state index in [1.54, 1.807) is 41.8 Å². The number of aromatic nitrogens is 2. The van der Waals surface area contributed by atoms with Crippen molar-refractivity contribution < 1.29 is 19.1 Å². The Hall–Kier alpha value is -5.55. The molecule has 0 spiro atoms. The van der Waals surface area contributed by atoms with Crippen LogP contribution in [-0.4, -0.2) is 34.8 Å². The number of thiophene rings is 1. The Morgan fingerprint density at radius 1 is 0.932 bits per heavy atom. The van der Waals surface area contributed by atoms with Crippen LogP contribution in [0.25, 0.3) is 10.2 Å². The van der Waals surface area contributed by atoms with E-state index >= 15 is 0 Å². The topological polar surface area (TPSA) is 134 Å². The van der Waals surface area contributed by atoms with Crippen LogP contribution in [0.4, 0.5) is 33.4 Å². The minimum atomic E-state index is -0.457. The summed E-state index contributed by atoms with van der Waals surface area (Å²) in [4.78, 5) is 47.1. The molecule has 0 atom stereocenters. The quantitative estimate of drug-likeness (QED) is 0.123. The molecule has 11 heteroatoms. The number of carbonyl (C=O) groups excluding carboxylic acids is 3. The fourth-order valence-corrected chi connectivity index (χ4v) is 5.53. The lowest BCUT2D eigenvalue weighted by molar-refractivity contribution is -0.114. The predicted molar refractivity (Wildman–Crippen MR) is 176 cm³/mol. The number of hydrogen-bond acceptors (Lipinski definition) is 8. The van der Waals surface area contributed by atoms with Crippen molar-refractivity contribution in [2.75, 3.05) is 28.4 Å². The van der Waals surface area contributed by atoms with E-state index in [0.717, 1.165) is 22.4 Å². The third-order valence-corrected chi connectivity index (χ3v) is 7.87. The average molecular weight is 607 g/mol. The van der Waals surface area contributed by atoms with Crippen molar-refractivity contribution in [3.63, 3.8) is 0 Å². The van der Waals surface area contributed by atoms with Gasteiger partial charge in [0, 0.05) is 28.9 Å². The second-order valence-corrected chi connectivity index (χ2v) is 10.8. The number of nitrogens with zero attached hydrogens (tertiary/aromatic N) is 2. The number of hydrogen-bond donors (Lipinski definition) is 4. The maximum Gasteiger partial charge on any atom is 0.323 e. The number of benzene rings is 3. The smallest absolute Gasteiger partial charge is 0.323 e. The first-order chi connectivity index (χ1) is 21.3. The Balaban J connectivity index is 1.35. The molecule has 2 heterocycles. The normalized spacial score (nSPS) is 10.6. The van der Waals surface area contributed by atoms with E-state index in [4.69, 9.17) is 4.74 Å². The molecule has 3 aromatic carbocycles. The molecule has 5 aromatic rings. The van der Waals surface area contributed by atoms with Crippen LogP contribution in [0.15, 0.2) is 85.0 Å². The molecular formula is C33H30N6O4S. The van der Waals surface area contributed by atoms with Crippen LogP contribution in [0.1, 0.15) is 27.0 Å². The van der Waals surface area contributed by atoms with Crippen molar-refractivity contribution in [3.05, 3.63) is 107 Å². The number of amides is 3. The monoisotopic (exact) mass is 606 g/mol. The summed E-state index contributed by atoms with van der Waals surface area (Å²) in [7, 11) is 1.53. The van der Waals surface area contributed by atoms with Crippen LogP contribution < -0.4 is 26.0 Å². The zero-order valence-corrected chi connectivity index (χ0v) is 25.2. The first kappa shape index (κ1) is 29.9. The van der Waals surface area contributed by atoms with Gasteiger partial charge in [0.1, 0.15) is 12.1 Å². The number of ketones is 1. The van der Waals surface area contributed by atoms with Crippen LogP contribution in [0.3, 0.4) is 0 Å². The van der Waals surface area contributed by atoms with E-state index in [1.807, 2.05) is 38.1 Å². The van der Waals surface area contributed by atoms with Gasteiger partial charge in [0.15, 0.2) is 11.6 Å². The maximum absolute atomic E-state index is 13.5. The fourth-order valence-electron chi connectivity index (χ4n) is 4.59. The van der Waals surface area contributed by atoms with Crippen molar-refractivity contribution in [2.45, 2.75) is 20.3 Å². The summed E-state index contributed by atoms with van der Waals surface area (Å²) in [6.07, 6.45) is 2.91. The molecule has 3 amide bonds. The Labute approximate surface area is 258 Å². The number of aryl methyl sites for hydroxylation is 2. The zero-order valence-electron chi connectivity index (χ0n) is 24.4. The van der Waals surface area contributed by atoms with Gasteiger partial charge in [0.25, 0.3) is 5.91 Å². The number of allylic oxidation sites excluding steroid dienone is 1. The fraction of sp³-hybridized carbons (Fsp3) is 0.121. The van der Waals surface area contributed by atoms with E-state index in [1.165, 1.54) is 30.8 Å². The molecule has 0 aliphatic heterocycles. The molecule has 0 aliphatic carbocycles. The van der Waals surface area contributed by atoms with Crippen molar-refractivity contribution in [3.8, 4) is 5.75 Å². The third kappa shape index (κ3) is 6.58. The number of urea groups is 1. The molecule has 0 saturated heterocycles. The van der Waals surface area contributed by atoms with Crippen molar-refractivity contribution in [1.82, 2.24) is 9.97 Å². The maximum atomic E-state index is 13.5. The number of ether oxygens (including phenoxy) is 1. The van der Waals surface area contributed by atoms with Crippen LogP contribution in [0, 0.1) is 13.8 Å². The van der Waals surface area contributed by atoms with E-state index < -0.39 is 6.03 Å². The van der Waals surface area contributed by atoms with Crippen LogP contribution >= 0.6 is 11.3 Å². The lowest BCUT2D eigenvalue weighted by atomic mass is 10.0. The number of methoxy groups -OCH3 is 1. The first-order valence-electron chi connectivity index (χ1n) is 13.6. The molecule has 4 N–H and O–H groups in total. The highest BCUT2D eigenvalue weighted by Crippen LogP contribution is 2.34. The van der Waals surface area contributed by atoms with E-state index in [-0.39, 0.29) is 18.1 Å². The number of anilines is 5. The zero-order chi connectivity index (χ0) is 31.2. The Morgan fingerprint density at radius 3 is 2.55 bits per heavy atom. The minimum absolute atomic E-state index is 0.0896. The lowest BCUT2D eigenvalue weighted by Crippen LogP contribution is -2.20. The van der Waals surface area contributed by atoms with Gasteiger partial charge in [-0.15, -0.1) is 11.3 Å². The summed E-state index contributed by atoms with van der Waals surface area (Å²) in [6, 6.07) is 17.6. The van der Waals surface area contributed by atoms with Gasteiger partial charge in [-0.3, -0.25) is 9.59 Å². The summed E-state index contributed by atoms with van der Waals surface area (Å²) in [6.45, 7) is 7.38. The highest BCUT2D eigenvalue weighted by molar-refractivity contribution is 7.18. The molecule has 44 heavy (non-hydrogen) atoms. The summed E-state index contributed by atoms with van der Waals surface area (Å²) in [5.41, 5.74) is 5.78. The standard InChI is InChI=1S/C33H30N6O4S/c1-5-23(40)15-21-10-8-9-20(3)28(21)39-31-30-29(34-18-35-31)24(17-44-30)32(41)37-26-16-22(14-13-19(26)2)36-33(42)38-25-11-6-7-12-27(25)43-4/h5-14,16-18H,1,15H2,2-4H3,(H,37,41)(H,34,35,39)(H2,36,38,42). The van der Waals surface area contributed by atoms with E-state index in [2.05, 4.69) is 37.8 Å². The molecule has 0 saturated carbocycles. The second kappa shape index (κ2) is 13.2. The Kier molecular flexibility index (Phi) is 8.96. The summed E-state index contributed by atoms with van der Waals surface area (Å²) in [5.74, 6) is 0.622. The van der Waals surface area contributed by atoms with E-state index in [9.17, 15) is 14.4 Å². The number of carbonyl (C=O) groups is 3. The molecule has 222 valence electrons. The SMILES string of the molecule is C=CC(=O)Cc1cccc(C)c1Nc1ncnc2c(C(=O)Nc3cc(NC(=O)Nc4ccccc4OC)ccc3C)csc12. The highest BCUT2D eigenvalue weighted by atomic mass is 32.1. The van der Waals surface area contributed by atoms with Gasteiger partial charge in [-0.1, -0.05) is 43.0 Å². The van der Waals surface area contributed by atoms with Gasteiger partial charge in [-0.2, -0.15) is 0 Å². The average Bonchev–Trinajstić information content (AvgIpc) is 3.46. The van der Waals surface area contributed by atoms with Gasteiger partial charge >= 0.3 is 6.03 Å². The van der Waals surface area contributed by atoms with Crippen LogP contribution in [0.5, 0.6) is 5.75 Å². The van der Waals surface area contributed by atoms with Crippen LogP contribution in [-0.2, 0) is 11.2 Å². The molecule has 0 radical (unpaired) electrons. The molecule has 0 unspecified atom stereocenters. The van der Waals surface area contributed by atoms with Crippen molar-refractivity contribution >= 4 is 67.8 Å². The first-order valence-corrected chi connectivity index (χ1v) is 14.5. The van der Waals surface area contributed by atoms with Gasteiger partial charge in [-0.25, -0.2) is 14.8 Å². The molecule has 0 aliphatic rings. The molecule has 10 nitrogen and oxygen atoms in total. The lowest BCUT2D eigenvalue weighted by Gasteiger charge is -2.14. The van der Waals surface area contributed by atoms with Gasteiger partial charge in [0.05, 0.1) is 28.6 Å². The second-order valence-electron chi connectivity index (χ2n) is 9.89. The molecule has 5 rings (SSSR count). The molecule has 0 fully saturated rings. The Morgan fingerprint density at radius 2 is 1.75 bits per heavy atom. The number of para-hydroxylation sites is 3. The summed E-state index contributed by atoms with van der Waals surface area (Å²) in [5, 5.41) is 13.6. The van der Waals surface area contributed by atoms with Gasteiger partial charge < -0.3 is 26.0 Å². The highest BCUT2D eigenvalue weighted by Gasteiger charge is 2.19. The van der Waals surface area contributed by atoms with Gasteiger partial charge in [-0.05, 0) is 60.9 Å². The number of nitrogens with one attached hydrogen (secondary N) is 4. The number of rotatable bonds is 10. The number of fused-ring (bicyclic) bond motifs is 1. The third-order valence-electron chi connectivity index (χ3n) is 6.89. The molecule has 2 aromatic heterocycles. The van der Waals surface area contributed by atoms with E-state index in [0.29, 0.717) is 44.4 Å². The Bertz CT molecular complexity index is 1900. The van der Waals surface area contributed by atoms with Crippen molar-refractivity contribution in [1.29, 1.82) is 0 Å². The molecular weight excluding hydrogens is 576 g/mol. The van der Waals surface area contributed by atoms with Crippen molar-refractivity contribution in [2.24, 2.45) is 0 Å². The van der Waals surface area contributed by atoms with Gasteiger partial charge in [0.2, 0.25) is 0 Å². The molecule has 0 bridgehead atoms. The predicted octanol–water partition coefficient (Wildman–Crippen LogP) is 7.25. The summed E-state index contributed by atoms with van der Waals surface area (Å²) < 4.78 is 5.98. The summed E-state index contributed by atoms with van der Waals surface area (Å²) >= 11 is 1.34. The largest absolute Gasteiger partial charge is 0.495 e. The minimum Gasteiger partial charge on any atom is -0.495 e. The van der Waals surface area contributed by atoms with Crippen LogP contribution in [0.2, 0.25) is 0 Å².